The summed E-state index contributed by atoms with van der Waals surface area (Å²) in [6, 6.07) is 8.33. The molecule has 0 aliphatic heterocycles. The van der Waals surface area contributed by atoms with E-state index in [0.717, 1.165) is 5.56 Å². The van der Waals surface area contributed by atoms with Crippen LogP contribution in [0.2, 0.25) is 0 Å². The van der Waals surface area contributed by atoms with Crippen molar-refractivity contribution in [3.63, 3.8) is 0 Å². The third kappa shape index (κ3) is 4.08. The van der Waals surface area contributed by atoms with Crippen molar-refractivity contribution in [2.24, 2.45) is 0 Å². The molecule has 21 heavy (non-hydrogen) atoms. The van der Waals surface area contributed by atoms with Gasteiger partial charge in [0.2, 0.25) is 5.88 Å². The predicted octanol–water partition coefficient (Wildman–Crippen LogP) is 4.03. The lowest BCUT2D eigenvalue weighted by Crippen LogP contribution is -2.24. The molecule has 0 atom stereocenters. The Balaban J connectivity index is 2.26. The van der Waals surface area contributed by atoms with Crippen LogP contribution in [-0.2, 0) is 0 Å². The van der Waals surface area contributed by atoms with Crippen molar-refractivity contribution in [3.8, 4) is 5.88 Å². The molecule has 0 bridgehead atoms. The van der Waals surface area contributed by atoms with Gasteiger partial charge >= 0.3 is 0 Å². The van der Waals surface area contributed by atoms with Crippen LogP contribution in [0.25, 0.3) is 0 Å². The molecule has 0 amide bonds. The van der Waals surface area contributed by atoms with E-state index >= 15 is 0 Å². The number of pyridine rings is 1. The van der Waals surface area contributed by atoms with Gasteiger partial charge in [0.1, 0.15) is 17.2 Å². The summed E-state index contributed by atoms with van der Waals surface area (Å²) < 4.78 is 19.5. The number of aromatic nitrogens is 1. The number of benzene rings is 1. The lowest BCUT2D eigenvalue weighted by atomic mass is 10.2. The first-order valence-corrected chi connectivity index (χ1v) is 6.73. The Kier molecular flexibility index (Phi) is 4.02. The van der Waals surface area contributed by atoms with E-state index in [9.17, 15) is 4.39 Å². The SMILES string of the molecule is Cc1ccc(Nc2ccc(N)c(OC(C)(C)C)n2)c(F)c1. The molecule has 4 nitrogen and oxygen atoms in total. The molecule has 1 heterocycles. The fourth-order valence-electron chi connectivity index (χ4n) is 1.75. The van der Waals surface area contributed by atoms with Gasteiger partial charge in [0.05, 0.1) is 11.4 Å². The molecule has 0 fully saturated rings. The van der Waals surface area contributed by atoms with Gasteiger partial charge < -0.3 is 15.8 Å². The summed E-state index contributed by atoms with van der Waals surface area (Å²) in [5.74, 6) is 0.484. The Bertz CT molecular complexity index is 650. The van der Waals surface area contributed by atoms with Crippen LogP contribution in [0.1, 0.15) is 26.3 Å². The van der Waals surface area contributed by atoms with E-state index in [1.54, 1.807) is 18.2 Å². The highest BCUT2D eigenvalue weighted by Gasteiger charge is 2.15. The minimum Gasteiger partial charge on any atom is -0.470 e. The number of halogens is 1. The molecule has 3 N–H and O–H groups in total. The second kappa shape index (κ2) is 5.60. The first-order chi connectivity index (χ1) is 9.74. The number of ether oxygens (including phenoxy) is 1. The minimum absolute atomic E-state index is 0.327. The van der Waals surface area contributed by atoms with Crippen LogP contribution in [0.4, 0.5) is 21.6 Å². The van der Waals surface area contributed by atoms with E-state index in [2.05, 4.69) is 10.3 Å². The third-order valence-electron chi connectivity index (χ3n) is 2.68. The number of hydrogen-bond donors (Lipinski definition) is 2. The number of nitrogen functional groups attached to an aromatic ring is 1. The molecule has 2 aromatic rings. The fraction of sp³-hybridized carbons (Fsp3) is 0.312. The number of rotatable bonds is 3. The maximum absolute atomic E-state index is 13.8. The van der Waals surface area contributed by atoms with E-state index in [1.165, 1.54) is 6.07 Å². The summed E-state index contributed by atoms with van der Waals surface area (Å²) in [4.78, 5) is 4.29. The Morgan fingerprint density at radius 2 is 1.90 bits per heavy atom. The number of nitrogens with two attached hydrogens (primary N) is 1. The number of hydrogen-bond acceptors (Lipinski definition) is 4. The van der Waals surface area contributed by atoms with Crippen molar-refractivity contribution in [2.75, 3.05) is 11.1 Å². The zero-order chi connectivity index (χ0) is 15.6. The van der Waals surface area contributed by atoms with Crippen molar-refractivity contribution in [1.29, 1.82) is 0 Å². The third-order valence-corrected chi connectivity index (χ3v) is 2.68. The summed E-state index contributed by atoms with van der Waals surface area (Å²) in [6.07, 6.45) is 0. The highest BCUT2D eigenvalue weighted by atomic mass is 19.1. The van der Waals surface area contributed by atoms with Gasteiger partial charge in [0, 0.05) is 0 Å². The highest BCUT2D eigenvalue weighted by Crippen LogP contribution is 2.27. The molecule has 112 valence electrons. The maximum atomic E-state index is 13.8. The monoisotopic (exact) mass is 289 g/mol. The van der Waals surface area contributed by atoms with Crippen molar-refractivity contribution in [3.05, 3.63) is 41.7 Å². The second-order valence-corrected chi connectivity index (χ2v) is 5.91. The number of nitrogens with one attached hydrogen (secondary N) is 1. The molecule has 0 saturated heterocycles. The molecule has 1 aromatic carbocycles. The zero-order valence-corrected chi connectivity index (χ0v) is 12.7. The van der Waals surface area contributed by atoms with Gasteiger partial charge in [0.25, 0.3) is 0 Å². The molecule has 0 aliphatic carbocycles. The van der Waals surface area contributed by atoms with Crippen molar-refractivity contribution in [2.45, 2.75) is 33.3 Å². The largest absolute Gasteiger partial charge is 0.470 e. The number of aryl methyl sites for hydroxylation is 1. The quantitative estimate of drug-likeness (QED) is 0.895. The van der Waals surface area contributed by atoms with Gasteiger partial charge in [-0.3, -0.25) is 0 Å². The summed E-state index contributed by atoms with van der Waals surface area (Å²) in [5, 5.41) is 2.93. The molecule has 0 spiro atoms. The van der Waals surface area contributed by atoms with E-state index in [0.29, 0.717) is 23.1 Å². The topological polar surface area (TPSA) is 60.2 Å². The highest BCUT2D eigenvalue weighted by molar-refractivity contribution is 5.61. The molecule has 0 radical (unpaired) electrons. The van der Waals surface area contributed by atoms with E-state index in [4.69, 9.17) is 10.5 Å². The van der Waals surface area contributed by atoms with Crippen LogP contribution in [-0.4, -0.2) is 10.6 Å². The fourth-order valence-corrected chi connectivity index (χ4v) is 1.75. The molecule has 5 heteroatoms. The molecule has 2 rings (SSSR count). The second-order valence-electron chi connectivity index (χ2n) is 5.91. The smallest absolute Gasteiger partial charge is 0.239 e. The van der Waals surface area contributed by atoms with Gasteiger partial charge in [-0.15, -0.1) is 0 Å². The van der Waals surface area contributed by atoms with Crippen molar-refractivity contribution in [1.82, 2.24) is 4.98 Å². The Morgan fingerprint density at radius 3 is 2.52 bits per heavy atom. The molecular weight excluding hydrogens is 269 g/mol. The van der Waals surface area contributed by atoms with Gasteiger partial charge in [0.15, 0.2) is 0 Å². The summed E-state index contributed by atoms with van der Waals surface area (Å²) >= 11 is 0. The molecule has 1 aromatic heterocycles. The van der Waals surface area contributed by atoms with E-state index in [-0.39, 0.29) is 5.82 Å². The van der Waals surface area contributed by atoms with Gasteiger partial charge in [-0.05, 0) is 57.5 Å². The number of anilines is 3. The summed E-state index contributed by atoms with van der Waals surface area (Å²) in [7, 11) is 0. The van der Waals surface area contributed by atoms with Crippen LogP contribution in [0.15, 0.2) is 30.3 Å². The maximum Gasteiger partial charge on any atom is 0.239 e. The van der Waals surface area contributed by atoms with Crippen LogP contribution in [0.3, 0.4) is 0 Å². The minimum atomic E-state index is -0.408. The molecule has 0 aliphatic rings. The van der Waals surface area contributed by atoms with Crippen LogP contribution < -0.4 is 15.8 Å². The Hall–Kier alpha value is -2.30. The first kappa shape index (κ1) is 15.1. The lowest BCUT2D eigenvalue weighted by Gasteiger charge is -2.21. The average molecular weight is 289 g/mol. The molecular formula is C16H20FN3O. The number of nitrogens with zero attached hydrogens (tertiary/aromatic N) is 1. The van der Waals surface area contributed by atoms with Crippen LogP contribution >= 0.6 is 0 Å². The zero-order valence-electron chi connectivity index (χ0n) is 12.7. The molecule has 0 saturated carbocycles. The Labute approximate surface area is 124 Å². The van der Waals surface area contributed by atoms with Gasteiger partial charge in [-0.25, -0.2) is 4.39 Å². The normalized spacial score (nSPS) is 11.3. The van der Waals surface area contributed by atoms with Gasteiger partial charge in [-0.1, -0.05) is 6.07 Å². The standard InChI is InChI=1S/C16H20FN3O/c1-10-5-7-13(11(17)9-10)19-14-8-6-12(18)15(20-14)21-16(2,3)4/h5-9H,18H2,1-4H3,(H,19,20). The average Bonchev–Trinajstić information content (AvgIpc) is 2.35. The van der Waals surface area contributed by atoms with E-state index < -0.39 is 5.60 Å². The van der Waals surface area contributed by atoms with Crippen LogP contribution in [0.5, 0.6) is 5.88 Å². The van der Waals surface area contributed by atoms with Crippen molar-refractivity contribution < 1.29 is 9.13 Å². The summed E-state index contributed by atoms with van der Waals surface area (Å²) in [5.41, 5.74) is 7.11. The van der Waals surface area contributed by atoms with E-state index in [1.807, 2.05) is 33.8 Å². The molecule has 0 unspecified atom stereocenters. The lowest BCUT2D eigenvalue weighted by molar-refractivity contribution is 0.125. The van der Waals surface area contributed by atoms with Crippen molar-refractivity contribution >= 4 is 17.2 Å². The Morgan fingerprint density at radius 1 is 1.19 bits per heavy atom. The predicted molar refractivity (Wildman–Crippen MR) is 83.5 cm³/mol. The van der Waals surface area contributed by atoms with Crippen LogP contribution in [0, 0.1) is 12.7 Å². The van der Waals surface area contributed by atoms with Gasteiger partial charge in [-0.2, -0.15) is 4.98 Å². The summed E-state index contributed by atoms with van der Waals surface area (Å²) in [6.45, 7) is 7.57. The first-order valence-electron chi connectivity index (χ1n) is 6.73.